The van der Waals surface area contributed by atoms with Crippen molar-refractivity contribution in [3.05, 3.63) is 66.1 Å². The molecule has 30 heavy (non-hydrogen) atoms. The molecule has 0 aliphatic carbocycles. The van der Waals surface area contributed by atoms with Crippen molar-refractivity contribution < 1.29 is 18.0 Å². The van der Waals surface area contributed by atoms with Crippen LogP contribution in [0.2, 0.25) is 0 Å². The van der Waals surface area contributed by atoms with E-state index in [1.165, 1.54) is 6.20 Å². The Kier molecular flexibility index (Phi) is 5.39. The number of piperidine rings is 1. The van der Waals surface area contributed by atoms with E-state index in [-0.39, 0.29) is 11.9 Å². The molecule has 1 aromatic carbocycles. The van der Waals surface area contributed by atoms with Crippen LogP contribution in [0.5, 0.6) is 0 Å². The highest BCUT2D eigenvalue weighted by Gasteiger charge is 2.33. The SMILES string of the molecule is O=C(c1ccc(-n2ccc(C(F)(F)F)n2)cc1)N1CCC(Nc2cccnn2)CC1. The van der Waals surface area contributed by atoms with Crippen LogP contribution in [-0.4, -0.2) is 49.9 Å². The quantitative estimate of drug-likeness (QED) is 0.706. The molecule has 0 atom stereocenters. The van der Waals surface area contributed by atoms with Gasteiger partial charge in [-0.3, -0.25) is 4.79 Å². The van der Waals surface area contributed by atoms with E-state index in [9.17, 15) is 18.0 Å². The zero-order valence-corrected chi connectivity index (χ0v) is 15.9. The third kappa shape index (κ3) is 4.42. The van der Waals surface area contributed by atoms with Crippen molar-refractivity contribution in [1.82, 2.24) is 24.9 Å². The Labute approximate surface area is 170 Å². The topological polar surface area (TPSA) is 75.9 Å². The average molecular weight is 416 g/mol. The molecule has 1 aliphatic rings. The van der Waals surface area contributed by atoms with Crippen LogP contribution in [0.25, 0.3) is 5.69 Å². The molecule has 0 spiro atoms. The maximum atomic E-state index is 12.8. The van der Waals surface area contributed by atoms with Crippen LogP contribution in [-0.2, 0) is 6.18 Å². The van der Waals surface area contributed by atoms with Gasteiger partial charge in [0, 0.05) is 37.1 Å². The fourth-order valence-electron chi connectivity index (χ4n) is 3.37. The first-order chi connectivity index (χ1) is 14.4. The molecule has 0 saturated carbocycles. The third-order valence-corrected chi connectivity index (χ3v) is 4.96. The van der Waals surface area contributed by atoms with Crippen LogP contribution in [0, 0.1) is 0 Å². The summed E-state index contributed by atoms with van der Waals surface area (Å²) in [6, 6.07) is 11.2. The average Bonchev–Trinajstić information content (AvgIpc) is 3.26. The first-order valence-corrected chi connectivity index (χ1v) is 9.47. The van der Waals surface area contributed by atoms with Gasteiger partial charge in [-0.2, -0.15) is 23.4 Å². The highest BCUT2D eigenvalue weighted by Crippen LogP contribution is 2.28. The van der Waals surface area contributed by atoms with Crippen molar-refractivity contribution in [2.75, 3.05) is 18.4 Å². The first kappa shape index (κ1) is 19.9. The molecule has 0 bridgehead atoms. The van der Waals surface area contributed by atoms with Gasteiger partial charge in [0.15, 0.2) is 5.69 Å². The lowest BCUT2D eigenvalue weighted by Crippen LogP contribution is -2.42. The summed E-state index contributed by atoms with van der Waals surface area (Å²) in [5.74, 6) is 0.612. The van der Waals surface area contributed by atoms with Gasteiger partial charge in [-0.1, -0.05) is 0 Å². The number of rotatable bonds is 4. The molecule has 1 fully saturated rings. The van der Waals surface area contributed by atoms with Crippen molar-refractivity contribution in [3.63, 3.8) is 0 Å². The van der Waals surface area contributed by atoms with Crippen molar-refractivity contribution in [3.8, 4) is 5.69 Å². The smallest absolute Gasteiger partial charge is 0.366 e. The monoisotopic (exact) mass is 416 g/mol. The van der Waals surface area contributed by atoms with E-state index in [1.54, 1.807) is 35.4 Å². The molecule has 10 heteroatoms. The van der Waals surface area contributed by atoms with E-state index >= 15 is 0 Å². The van der Waals surface area contributed by atoms with Crippen molar-refractivity contribution >= 4 is 11.7 Å². The van der Waals surface area contributed by atoms with Gasteiger partial charge in [0.1, 0.15) is 5.82 Å². The summed E-state index contributed by atoms with van der Waals surface area (Å²) in [7, 11) is 0. The number of likely N-dealkylation sites (tertiary alicyclic amines) is 1. The lowest BCUT2D eigenvalue weighted by Gasteiger charge is -2.32. The Balaban J connectivity index is 1.36. The van der Waals surface area contributed by atoms with Crippen LogP contribution in [0.3, 0.4) is 0 Å². The maximum absolute atomic E-state index is 12.8. The van der Waals surface area contributed by atoms with Crippen molar-refractivity contribution in [2.24, 2.45) is 0 Å². The summed E-state index contributed by atoms with van der Waals surface area (Å²) < 4.78 is 39.3. The molecule has 156 valence electrons. The summed E-state index contributed by atoms with van der Waals surface area (Å²) >= 11 is 0. The van der Waals surface area contributed by atoms with E-state index in [2.05, 4.69) is 20.6 Å². The predicted molar refractivity (Wildman–Crippen MR) is 103 cm³/mol. The van der Waals surface area contributed by atoms with Crippen LogP contribution < -0.4 is 5.32 Å². The number of amides is 1. The summed E-state index contributed by atoms with van der Waals surface area (Å²) in [5, 5.41) is 14.7. The summed E-state index contributed by atoms with van der Waals surface area (Å²) in [5.41, 5.74) is -0.0168. The number of hydrogen-bond acceptors (Lipinski definition) is 5. The van der Waals surface area contributed by atoms with E-state index in [0.717, 1.165) is 23.6 Å². The Hall–Kier alpha value is -3.43. The highest BCUT2D eigenvalue weighted by atomic mass is 19.4. The predicted octanol–water partition coefficient (Wildman–Crippen LogP) is 3.40. The maximum Gasteiger partial charge on any atom is 0.435 e. The molecule has 3 heterocycles. The number of hydrogen-bond donors (Lipinski definition) is 1. The van der Waals surface area contributed by atoms with E-state index in [4.69, 9.17) is 0 Å². The van der Waals surface area contributed by atoms with Gasteiger partial charge in [-0.05, 0) is 55.3 Å². The van der Waals surface area contributed by atoms with Crippen LogP contribution in [0.1, 0.15) is 28.9 Å². The number of aromatic nitrogens is 4. The second kappa shape index (κ2) is 8.13. The van der Waals surface area contributed by atoms with Crippen LogP contribution in [0.15, 0.2) is 54.9 Å². The minimum Gasteiger partial charge on any atom is -0.366 e. The zero-order chi connectivity index (χ0) is 21.1. The Bertz CT molecular complexity index is 995. The molecule has 2 aromatic heterocycles. The molecule has 4 rings (SSSR count). The minimum atomic E-state index is -4.49. The number of carbonyl (C=O) groups excluding carboxylic acids is 1. The number of halogens is 3. The van der Waals surface area contributed by atoms with E-state index in [1.807, 2.05) is 12.1 Å². The molecule has 0 unspecified atom stereocenters. The van der Waals surface area contributed by atoms with Gasteiger partial charge in [-0.15, -0.1) is 5.10 Å². The number of anilines is 1. The van der Waals surface area contributed by atoms with Crippen LogP contribution in [0.4, 0.5) is 19.0 Å². The number of nitrogens with one attached hydrogen (secondary N) is 1. The number of alkyl halides is 3. The minimum absolute atomic E-state index is 0.101. The molecule has 1 aliphatic heterocycles. The van der Waals surface area contributed by atoms with E-state index < -0.39 is 11.9 Å². The molecule has 1 N–H and O–H groups in total. The fourth-order valence-corrected chi connectivity index (χ4v) is 3.37. The molecule has 0 radical (unpaired) electrons. The molecule has 1 amide bonds. The Morgan fingerprint density at radius 2 is 1.80 bits per heavy atom. The summed E-state index contributed by atoms with van der Waals surface area (Å²) in [6.45, 7) is 1.21. The number of benzene rings is 1. The Morgan fingerprint density at radius 1 is 1.07 bits per heavy atom. The van der Waals surface area contributed by atoms with Gasteiger partial charge in [0.05, 0.1) is 5.69 Å². The number of nitrogens with zero attached hydrogens (tertiary/aromatic N) is 5. The van der Waals surface area contributed by atoms with Gasteiger partial charge in [0.2, 0.25) is 0 Å². The van der Waals surface area contributed by atoms with Gasteiger partial charge in [-0.25, -0.2) is 4.68 Å². The normalized spacial score (nSPS) is 15.2. The lowest BCUT2D eigenvalue weighted by atomic mass is 10.0. The van der Waals surface area contributed by atoms with Crippen molar-refractivity contribution in [2.45, 2.75) is 25.1 Å². The zero-order valence-electron chi connectivity index (χ0n) is 15.9. The molecular formula is C20H19F3N6O. The molecular weight excluding hydrogens is 397 g/mol. The fraction of sp³-hybridized carbons (Fsp3) is 0.300. The second-order valence-corrected chi connectivity index (χ2v) is 7.01. The second-order valence-electron chi connectivity index (χ2n) is 7.01. The highest BCUT2D eigenvalue weighted by molar-refractivity contribution is 5.94. The van der Waals surface area contributed by atoms with Gasteiger partial charge in [0.25, 0.3) is 5.91 Å². The van der Waals surface area contributed by atoms with Crippen molar-refractivity contribution in [1.29, 1.82) is 0 Å². The summed E-state index contributed by atoms with van der Waals surface area (Å²) in [6.07, 6.45) is -0.0646. The Morgan fingerprint density at radius 3 is 2.40 bits per heavy atom. The van der Waals surface area contributed by atoms with Gasteiger partial charge < -0.3 is 10.2 Å². The lowest BCUT2D eigenvalue weighted by molar-refractivity contribution is -0.141. The standard InChI is InChI=1S/C20H19F3N6O/c21-20(22,23)17-9-13-29(27-17)16-5-3-14(4-6-16)19(30)28-11-7-15(8-12-28)25-18-2-1-10-24-26-18/h1-6,9-10,13,15H,7-8,11-12H2,(H,25,26). The summed E-state index contributed by atoms with van der Waals surface area (Å²) in [4.78, 5) is 14.5. The molecule has 7 nitrogen and oxygen atoms in total. The largest absolute Gasteiger partial charge is 0.435 e. The molecule has 1 saturated heterocycles. The first-order valence-electron chi connectivity index (χ1n) is 9.47. The van der Waals surface area contributed by atoms with Gasteiger partial charge >= 0.3 is 6.18 Å². The third-order valence-electron chi connectivity index (χ3n) is 4.96. The van der Waals surface area contributed by atoms with E-state index in [0.29, 0.717) is 30.2 Å². The molecule has 3 aromatic rings. The number of carbonyl (C=O) groups is 1. The van der Waals surface area contributed by atoms with Crippen LogP contribution >= 0.6 is 0 Å².